The van der Waals surface area contributed by atoms with E-state index in [1.807, 2.05) is 6.07 Å². The van der Waals surface area contributed by atoms with Crippen molar-refractivity contribution in [1.82, 2.24) is 9.55 Å². The van der Waals surface area contributed by atoms with E-state index >= 15 is 0 Å². The molecule has 3 rings (SSSR count). The SMILES string of the molecule is CCS(=O)(=O)c1ccc2c(c1)nc(CC(C)(C)C)n2CC1CCCO1. The van der Waals surface area contributed by atoms with Crippen LogP contribution in [-0.4, -0.2) is 36.4 Å². The molecular weight excluding hydrogens is 336 g/mol. The van der Waals surface area contributed by atoms with E-state index in [2.05, 4.69) is 25.3 Å². The molecule has 1 aliphatic rings. The molecule has 0 amide bonds. The van der Waals surface area contributed by atoms with Gasteiger partial charge in [-0.15, -0.1) is 0 Å². The average molecular weight is 365 g/mol. The highest BCUT2D eigenvalue weighted by Crippen LogP contribution is 2.27. The number of fused-ring (bicyclic) bond motifs is 1. The summed E-state index contributed by atoms with van der Waals surface area (Å²) in [6.45, 7) is 9.84. The molecule has 0 saturated carbocycles. The second-order valence-electron chi connectivity index (χ2n) is 8.07. The van der Waals surface area contributed by atoms with Crippen molar-refractivity contribution < 1.29 is 13.2 Å². The van der Waals surface area contributed by atoms with Gasteiger partial charge in [0.2, 0.25) is 0 Å². The first-order valence-electron chi connectivity index (χ1n) is 9.03. The molecule has 0 bridgehead atoms. The predicted octanol–water partition coefficient (Wildman–Crippen LogP) is 3.60. The van der Waals surface area contributed by atoms with Crippen molar-refractivity contribution >= 4 is 20.9 Å². The summed E-state index contributed by atoms with van der Waals surface area (Å²) in [5.41, 5.74) is 1.85. The van der Waals surface area contributed by atoms with Crippen LogP contribution in [0.2, 0.25) is 0 Å². The van der Waals surface area contributed by atoms with Crippen molar-refractivity contribution in [2.24, 2.45) is 5.41 Å². The smallest absolute Gasteiger partial charge is 0.178 e. The minimum absolute atomic E-state index is 0.101. The van der Waals surface area contributed by atoms with Crippen LogP contribution in [0, 0.1) is 5.41 Å². The van der Waals surface area contributed by atoms with E-state index in [1.165, 1.54) is 0 Å². The molecular formula is C19H28N2O3S. The lowest BCUT2D eigenvalue weighted by atomic mass is 9.92. The number of benzene rings is 1. The van der Waals surface area contributed by atoms with Gasteiger partial charge in [0.1, 0.15) is 5.82 Å². The number of rotatable bonds is 5. The van der Waals surface area contributed by atoms with E-state index in [9.17, 15) is 8.42 Å². The Balaban J connectivity index is 2.07. The Kier molecular flexibility index (Phi) is 4.95. The molecule has 25 heavy (non-hydrogen) atoms. The third-order valence-electron chi connectivity index (χ3n) is 4.64. The van der Waals surface area contributed by atoms with Crippen molar-refractivity contribution in [2.75, 3.05) is 12.4 Å². The minimum atomic E-state index is -3.22. The standard InChI is InChI=1S/C19H28N2O3S/c1-5-25(22,23)15-8-9-17-16(11-15)20-18(12-19(2,3)4)21(17)13-14-7-6-10-24-14/h8-9,11,14H,5-7,10,12-13H2,1-4H3. The summed E-state index contributed by atoms with van der Waals surface area (Å²) in [5.74, 6) is 1.10. The fraction of sp³-hybridized carbons (Fsp3) is 0.632. The molecule has 0 N–H and O–H groups in total. The van der Waals surface area contributed by atoms with Crippen molar-refractivity contribution in [2.45, 2.75) is 64.5 Å². The summed E-state index contributed by atoms with van der Waals surface area (Å²) in [6, 6.07) is 5.31. The molecule has 2 heterocycles. The van der Waals surface area contributed by atoms with Crippen molar-refractivity contribution in [3.05, 3.63) is 24.0 Å². The largest absolute Gasteiger partial charge is 0.376 e. The zero-order chi connectivity index (χ0) is 18.2. The fourth-order valence-electron chi connectivity index (χ4n) is 3.32. The number of imidazole rings is 1. The molecule has 1 saturated heterocycles. The second-order valence-corrected chi connectivity index (χ2v) is 10.3. The zero-order valence-corrected chi connectivity index (χ0v) is 16.4. The topological polar surface area (TPSA) is 61.2 Å². The summed E-state index contributed by atoms with van der Waals surface area (Å²) in [4.78, 5) is 5.14. The number of hydrogen-bond acceptors (Lipinski definition) is 4. The Labute approximate surface area is 150 Å². The van der Waals surface area contributed by atoms with Crippen LogP contribution in [0.15, 0.2) is 23.1 Å². The first kappa shape index (κ1) is 18.4. The second kappa shape index (κ2) is 6.72. The molecule has 138 valence electrons. The third-order valence-corrected chi connectivity index (χ3v) is 6.37. The van der Waals surface area contributed by atoms with Gasteiger partial charge in [-0.1, -0.05) is 27.7 Å². The van der Waals surface area contributed by atoms with Crippen LogP contribution in [0.3, 0.4) is 0 Å². The van der Waals surface area contributed by atoms with Gasteiger partial charge < -0.3 is 9.30 Å². The van der Waals surface area contributed by atoms with Crippen molar-refractivity contribution in [1.29, 1.82) is 0 Å². The van der Waals surface area contributed by atoms with Crippen LogP contribution in [0.25, 0.3) is 11.0 Å². The number of nitrogens with zero attached hydrogens (tertiary/aromatic N) is 2. The maximum Gasteiger partial charge on any atom is 0.178 e. The van der Waals surface area contributed by atoms with E-state index in [-0.39, 0.29) is 17.3 Å². The number of aromatic nitrogens is 2. The summed E-state index contributed by atoms with van der Waals surface area (Å²) < 4.78 is 32.4. The maximum absolute atomic E-state index is 12.2. The van der Waals surface area contributed by atoms with Gasteiger partial charge in [0, 0.05) is 13.0 Å². The van der Waals surface area contributed by atoms with Gasteiger partial charge >= 0.3 is 0 Å². The van der Waals surface area contributed by atoms with Gasteiger partial charge in [-0.25, -0.2) is 13.4 Å². The van der Waals surface area contributed by atoms with Gasteiger partial charge in [-0.3, -0.25) is 0 Å². The lowest BCUT2D eigenvalue weighted by molar-refractivity contribution is 0.0968. The Morgan fingerprint density at radius 1 is 1.32 bits per heavy atom. The minimum Gasteiger partial charge on any atom is -0.376 e. The highest BCUT2D eigenvalue weighted by atomic mass is 32.2. The van der Waals surface area contributed by atoms with Crippen molar-refractivity contribution in [3.8, 4) is 0 Å². The molecule has 1 aliphatic heterocycles. The van der Waals surface area contributed by atoms with E-state index in [4.69, 9.17) is 9.72 Å². The number of sulfone groups is 1. The van der Waals surface area contributed by atoms with Gasteiger partial charge in [0.15, 0.2) is 9.84 Å². The predicted molar refractivity (Wildman–Crippen MR) is 99.6 cm³/mol. The van der Waals surface area contributed by atoms with E-state index < -0.39 is 9.84 Å². The number of hydrogen-bond donors (Lipinski definition) is 0. The van der Waals surface area contributed by atoms with Crippen LogP contribution in [0.5, 0.6) is 0 Å². The molecule has 0 aliphatic carbocycles. The fourth-order valence-corrected chi connectivity index (χ4v) is 4.22. The Morgan fingerprint density at radius 3 is 2.68 bits per heavy atom. The maximum atomic E-state index is 12.2. The third kappa shape index (κ3) is 4.06. The normalized spacial score (nSPS) is 19.0. The molecule has 1 atom stereocenters. The van der Waals surface area contributed by atoms with Crippen LogP contribution in [-0.2, 0) is 27.5 Å². The Morgan fingerprint density at radius 2 is 2.08 bits per heavy atom. The number of ether oxygens (including phenoxy) is 1. The molecule has 2 aromatic rings. The molecule has 0 radical (unpaired) electrons. The lowest BCUT2D eigenvalue weighted by Crippen LogP contribution is -2.20. The first-order valence-corrected chi connectivity index (χ1v) is 10.7. The molecule has 1 fully saturated rings. The van der Waals surface area contributed by atoms with Crippen LogP contribution in [0.4, 0.5) is 0 Å². The Bertz CT molecular complexity index is 857. The zero-order valence-electron chi connectivity index (χ0n) is 15.6. The van der Waals surface area contributed by atoms with Crippen molar-refractivity contribution in [3.63, 3.8) is 0 Å². The Hall–Kier alpha value is -1.40. The van der Waals surface area contributed by atoms with E-state index in [0.717, 1.165) is 49.3 Å². The summed E-state index contributed by atoms with van der Waals surface area (Å²) in [6.07, 6.45) is 3.22. The molecule has 1 aromatic heterocycles. The van der Waals surface area contributed by atoms with Crippen LogP contribution >= 0.6 is 0 Å². The van der Waals surface area contributed by atoms with E-state index in [0.29, 0.717) is 4.90 Å². The summed E-state index contributed by atoms with van der Waals surface area (Å²) in [7, 11) is -3.22. The summed E-state index contributed by atoms with van der Waals surface area (Å²) >= 11 is 0. The summed E-state index contributed by atoms with van der Waals surface area (Å²) in [5, 5.41) is 0. The molecule has 0 spiro atoms. The average Bonchev–Trinajstić information content (AvgIpc) is 3.14. The lowest BCUT2D eigenvalue weighted by Gasteiger charge is -2.20. The molecule has 1 unspecified atom stereocenters. The molecule has 6 heteroatoms. The molecule has 1 aromatic carbocycles. The van der Waals surface area contributed by atoms with Crippen LogP contribution < -0.4 is 0 Å². The van der Waals surface area contributed by atoms with E-state index in [1.54, 1.807) is 19.1 Å². The quantitative estimate of drug-likeness (QED) is 0.813. The molecule has 5 nitrogen and oxygen atoms in total. The van der Waals surface area contributed by atoms with Gasteiger partial charge in [0.25, 0.3) is 0 Å². The first-order chi connectivity index (χ1) is 11.7. The monoisotopic (exact) mass is 364 g/mol. The van der Waals surface area contributed by atoms with Crippen LogP contribution in [0.1, 0.15) is 46.4 Å². The van der Waals surface area contributed by atoms with Gasteiger partial charge in [-0.05, 0) is 36.5 Å². The van der Waals surface area contributed by atoms with Gasteiger partial charge in [-0.2, -0.15) is 0 Å². The highest BCUT2D eigenvalue weighted by Gasteiger charge is 2.23. The highest BCUT2D eigenvalue weighted by molar-refractivity contribution is 7.91. The van der Waals surface area contributed by atoms with Gasteiger partial charge in [0.05, 0.1) is 34.3 Å².